The van der Waals surface area contributed by atoms with E-state index in [9.17, 15) is 0 Å². The van der Waals surface area contributed by atoms with E-state index in [-0.39, 0.29) is 0 Å². The van der Waals surface area contributed by atoms with Gasteiger partial charge in [-0.15, -0.1) is 0 Å². The van der Waals surface area contributed by atoms with Crippen molar-refractivity contribution in [3.8, 4) is 0 Å². The van der Waals surface area contributed by atoms with Gasteiger partial charge in [-0.05, 0) is 33.4 Å². The third kappa shape index (κ3) is 3.27. The molecule has 2 aliphatic rings. The van der Waals surface area contributed by atoms with Gasteiger partial charge in [0.15, 0.2) is 0 Å². The minimum Gasteiger partial charge on any atom is -0.381 e. The molecule has 6 nitrogen and oxygen atoms in total. The molecule has 2 fully saturated rings. The van der Waals surface area contributed by atoms with Crippen LogP contribution < -0.4 is 10.6 Å². The van der Waals surface area contributed by atoms with Gasteiger partial charge in [0.05, 0.1) is 12.3 Å². The summed E-state index contributed by atoms with van der Waals surface area (Å²) in [6, 6.07) is 2.77. The maximum atomic E-state index is 5.91. The highest BCUT2D eigenvalue weighted by Crippen LogP contribution is 2.28. The van der Waals surface area contributed by atoms with E-state index < -0.39 is 0 Å². The fourth-order valence-electron chi connectivity index (χ4n) is 3.22. The number of hydrogen-bond donors (Lipinski definition) is 1. The van der Waals surface area contributed by atoms with Crippen molar-refractivity contribution in [1.82, 2.24) is 14.9 Å². The van der Waals surface area contributed by atoms with Crippen LogP contribution in [0.3, 0.4) is 0 Å². The number of nitrogens with two attached hydrogens (primary N) is 1. The lowest BCUT2D eigenvalue weighted by Crippen LogP contribution is -2.42. The van der Waals surface area contributed by atoms with E-state index in [1.807, 2.05) is 0 Å². The van der Waals surface area contributed by atoms with Crippen molar-refractivity contribution in [3.05, 3.63) is 11.8 Å². The molecule has 6 heteroatoms. The predicted molar refractivity (Wildman–Crippen MR) is 83.5 cm³/mol. The fraction of sp³-hybridized carbons (Fsp3) is 0.733. The quantitative estimate of drug-likeness (QED) is 0.899. The van der Waals surface area contributed by atoms with Gasteiger partial charge < -0.3 is 20.3 Å². The van der Waals surface area contributed by atoms with Crippen LogP contribution in [0.15, 0.2) is 6.07 Å². The van der Waals surface area contributed by atoms with E-state index in [2.05, 4.69) is 39.9 Å². The lowest BCUT2D eigenvalue weighted by Gasteiger charge is -2.36. The summed E-state index contributed by atoms with van der Waals surface area (Å²) in [6.45, 7) is 3.62. The fourth-order valence-corrected chi connectivity index (χ4v) is 3.22. The Morgan fingerprint density at radius 3 is 2.62 bits per heavy atom. The zero-order valence-electron chi connectivity index (χ0n) is 13.0. The van der Waals surface area contributed by atoms with Gasteiger partial charge in [-0.1, -0.05) is 0 Å². The zero-order chi connectivity index (χ0) is 14.8. The van der Waals surface area contributed by atoms with Gasteiger partial charge in [-0.2, -0.15) is 4.98 Å². The topological polar surface area (TPSA) is 67.5 Å². The Bertz CT molecular complexity index is 479. The first-order chi connectivity index (χ1) is 10.1. The summed E-state index contributed by atoms with van der Waals surface area (Å²) in [5.41, 5.74) is 6.94. The summed E-state index contributed by atoms with van der Waals surface area (Å²) >= 11 is 0. The largest absolute Gasteiger partial charge is 0.381 e. The Morgan fingerprint density at radius 2 is 2.00 bits per heavy atom. The highest BCUT2D eigenvalue weighted by atomic mass is 16.5. The van der Waals surface area contributed by atoms with Crippen molar-refractivity contribution < 1.29 is 4.74 Å². The maximum absolute atomic E-state index is 5.91. The molecule has 0 amide bonds. The number of piperidine rings is 1. The van der Waals surface area contributed by atoms with Gasteiger partial charge in [0.2, 0.25) is 5.95 Å². The van der Waals surface area contributed by atoms with E-state index in [0.717, 1.165) is 44.2 Å². The first kappa shape index (κ1) is 14.5. The normalized spacial score (nSPS) is 24.0. The Labute approximate surface area is 126 Å². The first-order valence-electron chi connectivity index (χ1n) is 7.77. The second-order valence-electron chi connectivity index (χ2n) is 6.25. The Kier molecular flexibility index (Phi) is 4.26. The van der Waals surface area contributed by atoms with Crippen molar-refractivity contribution in [2.75, 3.05) is 51.0 Å². The SMILES string of the molecule is CN(C)C1CCN(c2cc(C3CCOC3)nc(N)n2)CC1. The molecular formula is C15H25N5O. The van der Waals surface area contributed by atoms with Crippen LogP contribution in [0.5, 0.6) is 0 Å². The van der Waals surface area contributed by atoms with E-state index in [4.69, 9.17) is 10.5 Å². The Morgan fingerprint density at radius 1 is 1.24 bits per heavy atom. The molecule has 3 rings (SSSR count). The number of anilines is 2. The molecule has 0 spiro atoms. The van der Waals surface area contributed by atoms with Gasteiger partial charge in [-0.25, -0.2) is 4.98 Å². The highest BCUT2D eigenvalue weighted by molar-refractivity contribution is 5.44. The third-order valence-corrected chi connectivity index (χ3v) is 4.62. The van der Waals surface area contributed by atoms with E-state index >= 15 is 0 Å². The molecule has 2 aliphatic heterocycles. The minimum absolute atomic E-state index is 0.369. The summed E-state index contributed by atoms with van der Waals surface area (Å²) in [6.07, 6.45) is 3.36. The molecule has 116 valence electrons. The van der Waals surface area contributed by atoms with Crippen LogP contribution in [-0.4, -0.2) is 61.3 Å². The monoisotopic (exact) mass is 291 g/mol. The summed E-state index contributed by atoms with van der Waals surface area (Å²) in [5, 5.41) is 0. The second-order valence-corrected chi connectivity index (χ2v) is 6.25. The Hall–Kier alpha value is -1.40. The molecular weight excluding hydrogens is 266 g/mol. The maximum Gasteiger partial charge on any atom is 0.222 e. The highest BCUT2D eigenvalue weighted by Gasteiger charge is 2.24. The van der Waals surface area contributed by atoms with E-state index in [1.54, 1.807) is 0 Å². The van der Waals surface area contributed by atoms with Gasteiger partial charge in [0.1, 0.15) is 5.82 Å². The lowest BCUT2D eigenvalue weighted by molar-refractivity contribution is 0.193. The van der Waals surface area contributed by atoms with Crippen LogP contribution in [-0.2, 0) is 4.74 Å². The molecule has 0 aromatic carbocycles. The Balaban J connectivity index is 1.73. The van der Waals surface area contributed by atoms with Crippen molar-refractivity contribution in [3.63, 3.8) is 0 Å². The summed E-state index contributed by atoms with van der Waals surface area (Å²) in [5.74, 6) is 1.72. The average Bonchev–Trinajstić information content (AvgIpc) is 3.01. The van der Waals surface area contributed by atoms with Crippen LogP contribution in [0.1, 0.15) is 30.9 Å². The molecule has 0 bridgehead atoms. The van der Waals surface area contributed by atoms with Crippen LogP contribution in [0, 0.1) is 0 Å². The van der Waals surface area contributed by atoms with Gasteiger partial charge >= 0.3 is 0 Å². The van der Waals surface area contributed by atoms with Crippen LogP contribution in [0.25, 0.3) is 0 Å². The summed E-state index contributed by atoms with van der Waals surface area (Å²) in [7, 11) is 4.31. The number of nitrogens with zero attached hydrogens (tertiary/aromatic N) is 4. The van der Waals surface area contributed by atoms with Crippen LogP contribution >= 0.6 is 0 Å². The van der Waals surface area contributed by atoms with Gasteiger partial charge in [0, 0.05) is 37.7 Å². The number of aromatic nitrogens is 2. The van der Waals surface area contributed by atoms with Crippen LogP contribution in [0.4, 0.5) is 11.8 Å². The molecule has 2 saturated heterocycles. The summed E-state index contributed by atoms with van der Waals surface area (Å²) in [4.78, 5) is 13.5. The van der Waals surface area contributed by atoms with Crippen molar-refractivity contribution in [2.24, 2.45) is 0 Å². The number of hydrogen-bond acceptors (Lipinski definition) is 6. The molecule has 3 heterocycles. The average molecular weight is 291 g/mol. The molecule has 0 radical (unpaired) electrons. The van der Waals surface area contributed by atoms with Gasteiger partial charge in [0.25, 0.3) is 0 Å². The van der Waals surface area contributed by atoms with Gasteiger partial charge in [-0.3, -0.25) is 0 Å². The van der Waals surface area contributed by atoms with Crippen molar-refractivity contribution in [1.29, 1.82) is 0 Å². The molecule has 21 heavy (non-hydrogen) atoms. The van der Waals surface area contributed by atoms with Crippen LogP contribution in [0.2, 0.25) is 0 Å². The molecule has 0 saturated carbocycles. The van der Waals surface area contributed by atoms with Crippen molar-refractivity contribution in [2.45, 2.75) is 31.2 Å². The number of ether oxygens (including phenoxy) is 1. The van der Waals surface area contributed by atoms with E-state index in [0.29, 0.717) is 17.9 Å². The lowest BCUT2D eigenvalue weighted by atomic mass is 10.0. The molecule has 1 atom stereocenters. The van der Waals surface area contributed by atoms with E-state index in [1.165, 1.54) is 12.8 Å². The number of rotatable bonds is 3. The predicted octanol–water partition coefficient (Wildman–Crippen LogP) is 1.09. The molecule has 2 N–H and O–H groups in total. The first-order valence-corrected chi connectivity index (χ1v) is 7.77. The van der Waals surface area contributed by atoms with Crippen molar-refractivity contribution >= 4 is 11.8 Å². The third-order valence-electron chi connectivity index (χ3n) is 4.62. The second kappa shape index (κ2) is 6.15. The number of nitrogen functional groups attached to an aromatic ring is 1. The minimum atomic E-state index is 0.369. The molecule has 1 aromatic heterocycles. The summed E-state index contributed by atoms with van der Waals surface area (Å²) < 4.78 is 5.46. The smallest absolute Gasteiger partial charge is 0.222 e. The molecule has 0 aliphatic carbocycles. The molecule has 1 unspecified atom stereocenters. The molecule has 1 aromatic rings. The zero-order valence-corrected chi connectivity index (χ0v) is 13.0. The standard InChI is InChI=1S/C15H25N5O/c1-19(2)12-3-6-20(7-4-12)14-9-13(17-15(16)18-14)11-5-8-21-10-11/h9,11-12H,3-8,10H2,1-2H3,(H2,16,17,18).